The molecule has 0 unspecified atom stereocenters. The van der Waals surface area contributed by atoms with Gasteiger partial charge < -0.3 is 19.5 Å². The number of nitrogens with zero attached hydrogens (tertiary/aromatic N) is 1. The van der Waals surface area contributed by atoms with Gasteiger partial charge in [-0.2, -0.15) is 0 Å². The van der Waals surface area contributed by atoms with Gasteiger partial charge in [-0.3, -0.25) is 13.8 Å². The summed E-state index contributed by atoms with van der Waals surface area (Å²) in [5.74, 6) is -0.333. The molecule has 1 heterocycles. The summed E-state index contributed by atoms with van der Waals surface area (Å²) in [5.41, 5.74) is 1.37. The minimum absolute atomic E-state index is 0.0514. The molecule has 11 nitrogen and oxygen atoms in total. The summed E-state index contributed by atoms with van der Waals surface area (Å²) in [7, 11) is -6.91. The first-order valence-electron chi connectivity index (χ1n) is 13.2. The second-order valence-electron chi connectivity index (χ2n) is 9.68. The van der Waals surface area contributed by atoms with Crippen LogP contribution < -0.4 is 28.6 Å². The first kappa shape index (κ1) is 30.6. The largest absolute Gasteiger partial charge is 0.495 e. The second-order valence-corrected chi connectivity index (χ2v) is 13.2. The number of halogens is 1. The summed E-state index contributed by atoms with van der Waals surface area (Å²) in [5, 5.41) is 2.58. The van der Waals surface area contributed by atoms with Crippen LogP contribution in [0.2, 0.25) is 0 Å². The number of sulfonamides is 2. The molecule has 1 aliphatic rings. The predicted octanol–water partition coefficient (Wildman–Crippen LogP) is 4.55. The molecule has 0 saturated heterocycles. The molecule has 4 aromatic carbocycles. The lowest BCUT2D eigenvalue weighted by Gasteiger charge is -2.25. The fraction of sp³-hybridized carbons (Fsp3) is 0.167. The molecule has 14 heteroatoms. The third kappa shape index (κ3) is 6.71. The summed E-state index contributed by atoms with van der Waals surface area (Å²) in [6.45, 7) is 1.72. The van der Waals surface area contributed by atoms with Crippen LogP contribution in [0.5, 0.6) is 17.2 Å². The standard InChI is InChI=1S/C30H28FN3O8S2/c1-20-3-13-27(40-2)26(17-20)33-43(36,37)24-10-6-22(7-11-24)32-30(35)19-34(23-8-4-21(31)5-9-23)44(38,39)25-12-14-28-29(18-25)42-16-15-41-28/h3-14,17-18,33H,15-16,19H2,1-2H3,(H,32,35). The van der Waals surface area contributed by atoms with E-state index in [4.69, 9.17) is 14.2 Å². The lowest BCUT2D eigenvalue weighted by Crippen LogP contribution is -2.38. The second kappa shape index (κ2) is 12.4. The predicted molar refractivity (Wildman–Crippen MR) is 162 cm³/mol. The zero-order chi connectivity index (χ0) is 31.5. The molecule has 1 aliphatic heterocycles. The number of anilines is 3. The van der Waals surface area contributed by atoms with Crippen molar-refractivity contribution in [2.24, 2.45) is 0 Å². The molecule has 1 amide bonds. The molecule has 0 bridgehead atoms. The van der Waals surface area contributed by atoms with Gasteiger partial charge in [0.05, 0.1) is 28.3 Å². The van der Waals surface area contributed by atoms with Crippen molar-refractivity contribution in [1.29, 1.82) is 0 Å². The number of amides is 1. The highest BCUT2D eigenvalue weighted by molar-refractivity contribution is 7.93. The Hall–Kier alpha value is -4.82. The van der Waals surface area contributed by atoms with Crippen molar-refractivity contribution in [2.45, 2.75) is 16.7 Å². The molecular formula is C30H28FN3O8S2. The maximum atomic E-state index is 13.7. The topological polar surface area (TPSA) is 140 Å². The lowest BCUT2D eigenvalue weighted by atomic mass is 10.2. The molecule has 0 saturated carbocycles. The maximum absolute atomic E-state index is 13.7. The number of hydrogen-bond acceptors (Lipinski definition) is 8. The SMILES string of the molecule is COc1ccc(C)cc1NS(=O)(=O)c1ccc(NC(=O)CN(c2ccc(F)cc2)S(=O)(=O)c2ccc3c(c2)OCCO3)cc1. The van der Waals surface area contributed by atoms with Crippen LogP contribution in [0.3, 0.4) is 0 Å². The molecule has 0 aromatic heterocycles. The quantitative estimate of drug-likeness (QED) is 0.257. The minimum Gasteiger partial charge on any atom is -0.495 e. The smallest absolute Gasteiger partial charge is 0.264 e. The molecule has 2 N–H and O–H groups in total. The van der Waals surface area contributed by atoms with Crippen molar-refractivity contribution in [3.63, 3.8) is 0 Å². The van der Waals surface area contributed by atoms with Gasteiger partial charge in [0.25, 0.3) is 20.0 Å². The zero-order valence-corrected chi connectivity index (χ0v) is 25.2. The monoisotopic (exact) mass is 641 g/mol. The van der Waals surface area contributed by atoms with Gasteiger partial charge >= 0.3 is 0 Å². The Bertz CT molecular complexity index is 1900. The fourth-order valence-corrected chi connectivity index (χ4v) is 6.89. The maximum Gasteiger partial charge on any atom is 0.264 e. The van der Waals surface area contributed by atoms with Crippen LogP contribution in [0, 0.1) is 12.7 Å². The third-order valence-electron chi connectivity index (χ3n) is 6.55. The van der Waals surface area contributed by atoms with Crippen LogP contribution in [0.15, 0.2) is 94.7 Å². The van der Waals surface area contributed by atoms with Gasteiger partial charge in [-0.1, -0.05) is 6.07 Å². The average molecular weight is 642 g/mol. The summed E-state index contributed by atoms with van der Waals surface area (Å²) < 4.78 is 86.7. The Labute approximate surface area is 254 Å². The van der Waals surface area contributed by atoms with E-state index in [0.29, 0.717) is 18.1 Å². The third-order valence-corrected chi connectivity index (χ3v) is 9.70. The van der Waals surface area contributed by atoms with E-state index in [9.17, 15) is 26.0 Å². The highest BCUT2D eigenvalue weighted by Crippen LogP contribution is 2.34. The van der Waals surface area contributed by atoms with E-state index in [1.54, 1.807) is 18.2 Å². The normalized spacial score (nSPS) is 12.7. The van der Waals surface area contributed by atoms with Crippen LogP contribution in [0.25, 0.3) is 0 Å². The number of nitrogens with one attached hydrogen (secondary N) is 2. The van der Waals surface area contributed by atoms with Crippen LogP contribution in [-0.4, -0.2) is 49.6 Å². The molecule has 4 aromatic rings. The van der Waals surface area contributed by atoms with Crippen molar-refractivity contribution in [3.05, 3.63) is 96.3 Å². The molecule has 230 valence electrons. The molecule has 0 fully saturated rings. The van der Waals surface area contributed by atoms with Crippen molar-refractivity contribution >= 4 is 43.0 Å². The van der Waals surface area contributed by atoms with Crippen LogP contribution in [0.1, 0.15) is 5.56 Å². The Kier molecular flexibility index (Phi) is 8.65. The highest BCUT2D eigenvalue weighted by atomic mass is 32.2. The van der Waals surface area contributed by atoms with Gasteiger partial charge in [0.2, 0.25) is 5.91 Å². The molecular weight excluding hydrogens is 613 g/mol. The Balaban J connectivity index is 1.35. The van der Waals surface area contributed by atoms with E-state index < -0.39 is 38.3 Å². The number of fused-ring (bicyclic) bond motifs is 1. The number of methoxy groups -OCH3 is 1. The first-order valence-corrected chi connectivity index (χ1v) is 16.1. The Morgan fingerprint density at radius 1 is 0.864 bits per heavy atom. The van der Waals surface area contributed by atoms with E-state index in [-0.39, 0.29) is 39.2 Å². The zero-order valence-electron chi connectivity index (χ0n) is 23.6. The Morgan fingerprint density at radius 2 is 1.52 bits per heavy atom. The molecule has 0 radical (unpaired) electrons. The van der Waals surface area contributed by atoms with Gasteiger partial charge in [0, 0.05) is 11.8 Å². The highest BCUT2D eigenvalue weighted by Gasteiger charge is 2.29. The van der Waals surface area contributed by atoms with Crippen molar-refractivity contribution < 1.29 is 40.2 Å². The van der Waals surface area contributed by atoms with Gasteiger partial charge in [0.15, 0.2) is 11.5 Å². The summed E-state index contributed by atoms with van der Waals surface area (Å²) >= 11 is 0. The first-order chi connectivity index (χ1) is 21.0. The number of carbonyl (C=O) groups is 1. The molecule has 5 rings (SSSR count). The van der Waals surface area contributed by atoms with E-state index in [0.717, 1.165) is 22.0 Å². The van der Waals surface area contributed by atoms with Crippen LogP contribution in [-0.2, 0) is 24.8 Å². The fourth-order valence-electron chi connectivity index (χ4n) is 4.39. The number of benzene rings is 4. The van der Waals surface area contributed by atoms with Gasteiger partial charge in [-0.15, -0.1) is 0 Å². The summed E-state index contributed by atoms with van der Waals surface area (Å²) in [4.78, 5) is 12.9. The van der Waals surface area contributed by atoms with Crippen molar-refractivity contribution in [1.82, 2.24) is 0 Å². The number of rotatable bonds is 10. The lowest BCUT2D eigenvalue weighted by molar-refractivity contribution is -0.114. The number of aryl methyl sites for hydroxylation is 1. The molecule has 0 spiro atoms. The molecule has 0 atom stereocenters. The minimum atomic E-state index is -4.34. The van der Waals surface area contributed by atoms with Crippen LogP contribution in [0.4, 0.5) is 21.5 Å². The summed E-state index contributed by atoms with van der Waals surface area (Å²) in [6, 6.07) is 19.2. The van der Waals surface area contributed by atoms with E-state index in [2.05, 4.69) is 10.0 Å². The van der Waals surface area contributed by atoms with E-state index in [1.807, 2.05) is 6.92 Å². The van der Waals surface area contributed by atoms with Crippen molar-refractivity contribution in [2.75, 3.05) is 41.2 Å². The van der Waals surface area contributed by atoms with Crippen molar-refractivity contribution in [3.8, 4) is 17.2 Å². The Morgan fingerprint density at radius 3 is 2.20 bits per heavy atom. The van der Waals surface area contributed by atoms with Gasteiger partial charge in [-0.05, 0) is 85.3 Å². The van der Waals surface area contributed by atoms with Crippen LogP contribution >= 0.6 is 0 Å². The molecule has 44 heavy (non-hydrogen) atoms. The van der Waals surface area contributed by atoms with E-state index in [1.165, 1.54) is 61.7 Å². The number of carbonyl (C=O) groups excluding carboxylic acids is 1. The van der Waals surface area contributed by atoms with E-state index >= 15 is 0 Å². The molecule has 0 aliphatic carbocycles. The number of hydrogen-bond donors (Lipinski definition) is 2. The van der Waals surface area contributed by atoms with Gasteiger partial charge in [0.1, 0.15) is 31.3 Å². The number of ether oxygens (including phenoxy) is 3. The average Bonchev–Trinajstić information content (AvgIpc) is 3.00. The summed E-state index contributed by atoms with van der Waals surface area (Å²) in [6.07, 6.45) is 0. The van der Waals surface area contributed by atoms with Gasteiger partial charge in [-0.25, -0.2) is 21.2 Å².